The Morgan fingerprint density at radius 2 is 2.17 bits per heavy atom. The van der Waals surface area contributed by atoms with Crippen LogP contribution in [0.5, 0.6) is 0 Å². The minimum atomic E-state index is -2.50. The van der Waals surface area contributed by atoms with Crippen LogP contribution in [0.25, 0.3) is 5.52 Å². The van der Waals surface area contributed by atoms with Gasteiger partial charge >= 0.3 is 0 Å². The van der Waals surface area contributed by atoms with Crippen LogP contribution < -0.4 is 0 Å². The van der Waals surface area contributed by atoms with Gasteiger partial charge in [-0.3, -0.25) is 0 Å². The lowest BCUT2D eigenvalue weighted by atomic mass is 10.3. The van der Waals surface area contributed by atoms with Crippen LogP contribution in [-0.4, -0.2) is 9.38 Å². The quantitative estimate of drug-likeness (QED) is 0.638. The van der Waals surface area contributed by atoms with Crippen molar-refractivity contribution in [2.75, 3.05) is 0 Å². The van der Waals surface area contributed by atoms with E-state index >= 15 is 0 Å². The van der Waals surface area contributed by atoms with Crippen LogP contribution in [0.3, 0.4) is 0 Å². The molecule has 0 spiro atoms. The number of fused-ring (bicyclic) bond motifs is 1. The highest BCUT2D eigenvalue weighted by molar-refractivity contribution is 5.52. The van der Waals surface area contributed by atoms with Gasteiger partial charge in [-0.1, -0.05) is 6.07 Å². The van der Waals surface area contributed by atoms with Crippen molar-refractivity contribution in [3.8, 4) is 0 Å². The Morgan fingerprint density at radius 1 is 1.33 bits per heavy atom. The largest absolute Gasteiger partial charge is 0.306 e. The molecule has 0 aliphatic carbocycles. The first kappa shape index (κ1) is 7.21. The molecule has 2 heterocycles. The zero-order chi connectivity index (χ0) is 8.55. The lowest BCUT2D eigenvalue weighted by Crippen LogP contribution is -1.85. The van der Waals surface area contributed by atoms with Gasteiger partial charge in [-0.25, -0.2) is 13.8 Å². The highest BCUT2D eigenvalue weighted by Crippen LogP contribution is 2.21. The molecule has 0 unspecified atom stereocenters. The summed E-state index contributed by atoms with van der Waals surface area (Å²) in [6.45, 7) is 0. The number of halogens is 2. The van der Waals surface area contributed by atoms with Gasteiger partial charge in [0.2, 0.25) is 0 Å². The van der Waals surface area contributed by atoms with Crippen molar-refractivity contribution >= 4 is 5.52 Å². The first-order valence-corrected chi connectivity index (χ1v) is 3.49. The van der Waals surface area contributed by atoms with E-state index in [1.54, 1.807) is 28.8 Å². The third-order valence-electron chi connectivity index (χ3n) is 1.68. The number of imidazole rings is 1. The molecule has 0 aromatic carbocycles. The molecule has 2 nitrogen and oxygen atoms in total. The summed E-state index contributed by atoms with van der Waals surface area (Å²) in [5.74, 6) is 0. The molecule has 12 heavy (non-hydrogen) atoms. The van der Waals surface area contributed by atoms with E-state index in [0.29, 0.717) is 5.52 Å². The zero-order valence-electron chi connectivity index (χ0n) is 6.11. The molecular weight excluding hydrogens is 162 g/mol. The van der Waals surface area contributed by atoms with E-state index in [-0.39, 0.29) is 5.69 Å². The number of aromatic nitrogens is 2. The maximum atomic E-state index is 12.3. The summed E-state index contributed by atoms with van der Waals surface area (Å²) in [5.41, 5.74) is 0.308. The van der Waals surface area contributed by atoms with Gasteiger partial charge in [0.25, 0.3) is 6.43 Å². The highest BCUT2D eigenvalue weighted by Gasteiger charge is 2.13. The standard InChI is InChI=1S/C8H6F2N2/c9-8(10)7-6-3-1-2-4-12(6)5-11-7/h1-5,8H. The van der Waals surface area contributed by atoms with Gasteiger partial charge in [0.1, 0.15) is 5.69 Å². The van der Waals surface area contributed by atoms with Crippen LogP contribution in [0.4, 0.5) is 8.78 Å². The molecule has 0 N–H and O–H groups in total. The summed E-state index contributed by atoms with van der Waals surface area (Å²) in [4.78, 5) is 3.61. The Labute approximate surface area is 67.5 Å². The van der Waals surface area contributed by atoms with E-state index in [1.165, 1.54) is 6.33 Å². The molecule has 0 saturated heterocycles. The molecule has 0 bridgehead atoms. The summed E-state index contributed by atoms with van der Waals surface area (Å²) in [5, 5.41) is 0. The van der Waals surface area contributed by atoms with Gasteiger partial charge in [-0.2, -0.15) is 0 Å². The van der Waals surface area contributed by atoms with Gasteiger partial charge < -0.3 is 4.40 Å². The normalized spacial score (nSPS) is 11.2. The molecule has 2 aromatic rings. The van der Waals surface area contributed by atoms with Crippen molar-refractivity contribution in [2.24, 2.45) is 0 Å². The fraction of sp³-hybridized carbons (Fsp3) is 0.125. The van der Waals surface area contributed by atoms with Crippen molar-refractivity contribution < 1.29 is 8.78 Å². The molecule has 0 atom stereocenters. The van der Waals surface area contributed by atoms with Gasteiger partial charge in [0.05, 0.1) is 11.8 Å². The van der Waals surface area contributed by atoms with Crippen LogP contribution in [0.15, 0.2) is 30.7 Å². The molecule has 0 aliphatic rings. The third kappa shape index (κ3) is 0.958. The van der Waals surface area contributed by atoms with Crippen LogP contribution >= 0.6 is 0 Å². The van der Waals surface area contributed by atoms with Crippen molar-refractivity contribution in [3.05, 3.63) is 36.4 Å². The second kappa shape index (κ2) is 2.55. The minimum Gasteiger partial charge on any atom is -0.306 e. The minimum absolute atomic E-state index is 0.157. The Kier molecular flexibility index (Phi) is 1.53. The molecule has 0 radical (unpaired) electrons. The Bertz CT molecular complexity index is 395. The lowest BCUT2D eigenvalue weighted by Gasteiger charge is -1.94. The van der Waals surface area contributed by atoms with E-state index in [2.05, 4.69) is 4.98 Å². The lowest BCUT2D eigenvalue weighted by molar-refractivity contribution is 0.148. The van der Waals surface area contributed by atoms with E-state index in [9.17, 15) is 8.78 Å². The fourth-order valence-corrected chi connectivity index (χ4v) is 1.13. The summed E-state index contributed by atoms with van der Waals surface area (Å²) < 4.78 is 26.1. The van der Waals surface area contributed by atoms with E-state index in [0.717, 1.165) is 0 Å². The van der Waals surface area contributed by atoms with Crippen LogP contribution in [0.1, 0.15) is 12.1 Å². The van der Waals surface area contributed by atoms with E-state index in [4.69, 9.17) is 0 Å². The van der Waals surface area contributed by atoms with Gasteiger partial charge in [-0.15, -0.1) is 0 Å². The summed E-state index contributed by atoms with van der Waals surface area (Å²) in [6.07, 6.45) is 0.572. The van der Waals surface area contributed by atoms with Crippen molar-refractivity contribution in [2.45, 2.75) is 6.43 Å². The fourth-order valence-electron chi connectivity index (χ4n) is 1.13. The van der Waals surface area contributed by atoms with Crippen molar-refractivity contribution in [1.29, 1.82) is 0 Å². The number of nitrogens with zero attached hydrogens (tertiary/aromatic N) is 2. The van der Waals surface area contributed by atoms with E-state index in [1.807, 2.05) is 0 Å². The molecule has 0 amide bonds. The van der Waals surface area contributed by atoms with Crippen molar-refractivity contribution in [3.63, 3.8) is 0 Å². The Balaban J connectivity index is 2.70. The molecule has 0 saturated carbocycles. The average Bonchev–Trinajstić information content (AvgIpc) is 2.47. The SMILES string of the molecule is FC(F)c1ncn2ccccc12. The number of pyridine rings is 1. The average molecular weight is 168 g/mol. The van der Waals surface area contributed by atoms with E-state index < -0.39 is 6.43 Å². The summed E-state index contributed by atoms with van der Waals surface area (Å²) in [7, 11) is 0. The molecular formula is C8H6F2N2. The number of hydrogen-bond acceptors (Lipinski definition) is 1. The molecule has 2 aromatic heterocycles. The Morgan fingerprint density at radius 3 is 2.92 bits per heavy atom. The van der Waals surface area contributed by atoms with Crippen LogP contribution in [-0.2, 0) is 0 Å². The van der Waals surface area contributed by atoms with Gasteiger partial charge in [-0.05, 0) is 12.1 Å². The molecule has 62 valence electrons. The third-order valence-corrected chi connectivity index (χ3v) is 1.68. The van der Waals surface area contributed by atoms with Crippen molar-refractivity contribution in [1.82, 2.24) is 9.38 Å². The second-order valence-corrected chi connectivity index (χ2v) is 2.42. The van der Waals surface area contributed by atoms with Gasteiger partial charge in [0, 0.05) is 6.20 Å². The number of rotatable bonds is 1. The maximum absolute atomic E-state index is 12.3. The first-order valence-electron chi connectivity index (χ1n) is 3.49. The highest BCUT2D eigenvalue weighted by atomic mass is 19.3. The summed E-state index contributed by atoms with van der Waals surface area (Å²) in [6, 6.07) is 5.10. The monoisotopic (exact) mass is 168 g/mol. The van der Waals surface area contributed by atoms with Gasteiger partial charge in [0.15, 0.2) is 0 Å². The number of alkyl halides is 2. The second-order valence-electron chi connectivity index (χ2n) is 2.42. The maximum Gasteiger partial charge on any atom is 0.282 e. The molecule has 4 heteroatoms. The summed E-state index contributed by atoms with van der Waals surface area (Å²) >= 11 is 0. The topological polar surface area (TPSA) is 17.3 Å². The molecule has 0 aliphatic heterocycles. The Hall–Kier alpha value is -1.45. The van der Waals surface area contributed by atoms with Crippen LogP contribution in [0.2, 0.25) is 0 Å². The predicted octanol–water partition coefficient (Wildman–Crippen LogP) is 2.27. The molecule has 0 fully saturated rings. The molecule has 2 rings (SSSR count). The number of hydrogen-bond donors (Lipinski definition) is 0. The first-order chi connectivity index (χ1) is 5.79. The zero-order valence-corrected chi connectivity index (χ0v) is 6.11. The predicted molar refractivity (Wildman–Crippen MR) is 40.1 cm³/mol. The smallest absolute Gasteiger partial charge is 0.282 e. The van der Waals surface area contributed by atoms with Crippen LogP contribution in [0, 0.1) is 0 Å².